The van der Waals surface area contributed by atoms with Crippen LogP contribution in [-0.2, 0) is 6.54 Å². The molecule has 1 saturated carbocycles. The minimum atomic E-state index is -0.433. The van der Waals surface area contributed by atoms with Gasteiger partial charge in [0.25, 0.3) is 5.56 Å². The van der Waals surface area contributed by atoms with Gasteiger partial charge in [-0.1, -0.05) is 6.07 Å². The zero-order valence-corrected chi connectivity index (χ0v) is 10.7. The fourth-order valence-corrected chi connectivity index (χ4v) is 2.00. The van der Waals surface area contributed by atoms with Crippen molar-refractivity contribution < 1.29 is 9.13 Å². The third-order valence-electron chi connectivity index (χ3n) is 3.20. The zero-order valence-electron chi connectivity index (χ0n) is 10.7. The van der Waals surface area contributed by atoms with Crippen molar-refractivity contribution in [2.75, 3.05) is 0 Å². The molecule has 0 aliphatic heterocycles. The molecule has 1 fully saturated rings. The van der Waals surface area contributed by atoms with Gasteiger partial charge in [-0.15, -0.1) is 0 Å². The number of aromatic nitrogens is 2. The van der Waals surface area contributed by atoms with E-state index in [-0.39, 0.29) is 29.3 Å². The second-order valence-electron chi connectivity index (χ2n) is 4.77. The Kier molecular flexibility index (Phi) is 3.23. The maximum absolute atomic E-state index is 13.6. The van der Waals surface area contributed by atoms with Crippen LogP contribution in [-0.4, -0.2) is 9.97 Å². The third kappa shape index (κ3) is 2.55. The van der Waals surface area contributed by atoms with Crippen LogP contribution < -0.4 is 16.0 Å². The van der Waals surface area contributed by atoms with Crippen LogP contribution in [0.3, 0.4) is 0 Å². The lowest BCUT2D eigenvalue weighted by atomic mass is 10.2. The molecule has 2 aromatic rings. The number of ether oxygens (including phenoxy) is 1. The molecule has 1 aromatic heterocycles. The molecule has 6 heteroatoms. The molecule has 0 radical (unpaired) electrons. The number of hydrogen-bond donors (Lipinski definition) is 2. The molecule has 1 aliphatic rings. The van der Waals surface area contributed by atoms with E-state index < -0.39 is 5.82 Å². The van der Waals surface area contributed by atoms with Gasteiger partial charge < -0.3 is 15.5 Å². The molecule has 0 unspecified atom stereocenters. The Morgan fingerprint density at radius 3 is 2.95 bits per heavy atom. The zero-order chi connectivity index (χ0) is 14.1. The Balaban J connectivity index is 1.95. The first-order valence-electron chi connectivity index (χ1n) is 6.44. The predicted octanol–water partition coefficient (Wildman–Crippen LogP) is 2.04. The molecule has 0 amide bonds. The lowest BCUT2D eigenvalue weighted by molar-refractivity contribution is 0.445. The summed E-state index contributed by atoms with van der Waals surface area (Å²) in [5, 5.41) is 0. The quantitative estimate of drug-likeness (QED) is 0.894. The van der Waals surface area contributed by atoms with Gasteiger partial charge in [0.15, 0.2) is 0 Å². The summed E-state index contributed by atoms with van der Waals surface area (Å²) >= 11 is 0. The van der Waals surface area contributed by atoms with Crippen molar-refractivity contribution in [3.63, 3.8) is 0 Å². The highest BCUT2D eigenvalue weighted by molar-refractivity contribution is 5.37. The first-order valence-corrected chi connectivity index (χ1v) is 6.44. The maximum atomic E-state index is 13.6. The minimum Gasteiger partial charge on any atom is -0.438 e. The number of aromatic amines is 1. The van der Waals surface area contributed by atoms with E-state index in [2.05, 4.69) is 9.97 Å². The molecule has 3 N–H and O–H groups in total. The standard InChI is InChI=1S/C14H14FN3O2/c15-10-2-1-3-11(9(10)7-16)20-13-6-12(19)17-14(18-13)8-4-5-8/h1-3,6,8H,4-5,7,16H2,(H,17,18,19). The Bertz CT molecular complexity index is 695. The summed E-state index contributed by atoms with van der Waals surface area (Å²) in [5.74, 6) is 0.937. The highest BCUT2D eigenvalue weighted by Gasteiger charge is 2.26. The maximum Gasteiger partial charge on any atom is 0.254 e. The van der Waals surface area contributed by atoms with E-state index in [1.807, 2.05) is 0 Å². The molecule has 0 atom stereocenters. The smallest absolute Gasteiger partial charge is 0.254 e. The molecule has 1 heterocycles. The van der Waals surface area contributed by atoms with Crippen molar-refractivity contribution in [1.29, 1.82) is 0 Å². The molecule has 1 aliphatic carbocycles. The van der Waals surface area contributed by atoms with E-state index in [0.717, 1.165) is 12.8 Å². The van der Waals surface area contributed by atoms with Crippen molar-refractivity contribution in [3.05, 3.63) is 51.8 Å². The van der Waals surface area contributed by atoms with Gasteiger partial charge in [0.1, 0.15) is 17.4 Å². The molecule has 0 saturated heterocycles. The van der Waals surface area contributed by atoms with E-state index in [1.54, 1.807) is 6.07 Å². The van der Waals surface area contributed by atoms with Gasteiger partial charge in [0.2, 0.25) is 5.88 Å². The van der Waals surface area contributed by atoms with Crippen LogP contribution in [0.15, 0.2) is 29.1 Å². The number of rotatable bonds is 4. The molecule has 104 valence electrons. The van der Waals surface area contributed by atoms with Crippen LogP contribution in [0.2, 0.25) is 0 Å². The first kappa shape index (κ1) is 12.8. The Morgan fingerprint density at radius 2 is 2.25 bits per heavy atom. The molecule has 0 spiro atoms. The van der Waals surface area contributed by atoms with Crippen LogP contribution in [0.25, 0.3) is 0 Å². The molecular weight excluding hydrogens is 261 g/mol. The van der Waals surface area contributed by atoms with Crippen molar-refractivity contribution in [2.45, 2.75) is 25.3 Å². The number of nitrogens with one attached hydrogen (secondary N) is 1. The van der Waals surface area contributed by atoms with E-state index in [0.29, 0.717) is 11.7 Å². The molecule has 20 heavy (non-hydrogen) atoms. The average molecular weight is 275 g/mol. The summed E-state index contributed by atoms with van der Waals surface area (Å²) in [6, 6.07) is 5.69. The minimum absolute atomic E-state index is 0.0146. The van der Waals surface area contributed by atoms with Gasteiger partial charge in [0.05, 0.1) is 6.07 Å². The van der Waals surface area contributed by atoms with Crippen molar-refractivity contribution >= 4 is 0 Å². The number of nitrogens with zero attached hydrogens (tertiary/aromatic N) is 1. The summed E-state index contributed by atoms with van der Waals surface area (Å²) in [6.45, 7) is 0.0146. The van der Waals surface area contributed by atoms with Gasteiger partial charge in [-0.25, -0.2) is 4.39 Å². The monoisotopic (exact) mass is 275 g/mol. The molecular formula is C14H14FN3O2. The van der Waals surface area contributed by atoms with E-state index in [9.17, 15) is 9.18 Å². The number of hydrogen-bond acceptors (Lipinski definition) is 4. The topological polar surface area (TPSA) is 81.0 Å². The normalized spacial score (nSPS) is 14.3. The van der Waals surface area contributed by atoms with Crippen LogP contribution in [0.5, 0.6) is 11.6 Å². The number of nitrogens with two attached hydrogens (primary N) is 1. The summed E-state index contributed by atoms with van der Waals surface area (Å²) in [4.78, 5) is 18.5. The summed E-state index contributed by atoms with van der Waals surface area (Å²) in [6.07, 6.45) is 2.03. The predicted molar refractivity (Wildman–Crippen MR) is 71.2 cm³/mol. The van der Waals surface area contributed by atoms with Crippen LogP contribution in [0, 0.1) is 5.82 Å². The third-order valence-corrected chi connectivity index (χ3v) is 3.20. The van der Waals surface area contributed by atoms with E-state index in [4.69, 9.17) is 10.5 Å². The van der Waals surface area contributed by atoms with Gasteiger partial charge in [0, 0.05) is 18.0 Å². The molecule has 1 aromatic carbocycles. The summed E-state index contributed by atoms with van der Waals surface area (Å²) in [5.41, 5.74) is 5.51. The van der Waals surface area contributed by atoms with E-state index >= 15 is 0 Å². The largest absolute Gasteiger partial charge is 0.438 e. The summed E-state index contributed by atoms with van der Waals surface area (Å²) < 4.78 is 19.1. The SMILES string of the molecule is NCc1c(F)cccc1Oc1cc(=O)[nH]c(C2CC2)n1. The fraction of sp³-hybridized carbons (Fsp3) is 0.286. The fourth-order valence-electron chi connectivity index (χ4n) is 2.00. The Morgan fingerprint density at radius 1 is 1.45 bits per heavy atom. The second kappa shape index (κ2) is 5.05. The van der Waals surface area contributed by atoms with Crippen molar-refractivity contribution in [3.8, 4) is 11.6 Å². The number of halogens is 1. The molecule has 5 nitrogen and oxygen atoms in total. The van der Waals surface area contributed by atoms with Gasteiger partial charge in [-0.05, 0) is 25.0 Å². The van der Waals surface area contributed by atoms with Crippen LogP contribution >= 0.6 is 0 Å². The van der Waals surface area contributed by atoms with Crippen LogP contribution in [0.4, 0.5) is 4.39 Å². The lowest BCUT2D eigenvalue weighted by Crippen LogP contribution is -2.11. The van der Waals surface area contributed by atoms with Gasteiger partial charge in [-0.2, -0.15) is 4.98 Å². The lowest BCUT2D eigenvalue weighted by Gasteiger charge is -2.10. The summed E-state index contributed by atoms with van der Waals surface area (Å²) in [7, 11) is 0. The van der Waals surface area contributed by atoms with Gasteiger partial charge >= 0.3 is 0 Å². The molecule has 3 rings (SSSR count). The van der Waals surface area contributed by atoms with Gasteiger partial charge in [-0.3, -0.25) is 4.79 Å². The molecule has 0 bridgehead atoms. The van der Waals surface area contributed by atoms with Crippen molar-refractivity contribution in [2.24, 2.45) is 5.73 Å². The second-order valence-corrected chi connectivity index (χ2v) is 4.77. The van der Waals surface area contributed by atoms with Crippen molar-refractivity contribution in [1.82, 2.24) is 9.97 Å². The highest BCUT2D eigenvalue weighted by atomic mass is 19.1. The average Bonchev–Trinajstić information content (AvgIpc) is 3.22. The van der Waals surface area contributed by atoms with E-state index in [1.165, 1.54) is 18.2 Å². The Labute approximate surface area is 114 Å². The highest BCUT2D eigenvalue weighted by Crippen LogP contribution is 2.38. The number of benzene rings is 1. The first-order chi connectivity index (χ1) is 9.67. The Hall–Kier alpha value is -2.21. The number of H-pyrrole nitrogens is 1. The van der Waals surface area contributed by atoms with Crippen LogP contribution in [0.1, 0.15) is 30.1 Å².